The van der Waals surface area contributed by atoms with Crippen LogP contribution in [0.4, 0.5) is 5.69 Å². The maximum Gasteiger partial charge on any atom is 0.352 e. The Balaban J connectivity index is 2.11. The highest BCUT2D eigenvalue weighted by atomic mass is 16.4. The third-order valence-corrected chi connectivity index (χ3v) is 3.89. The van der Waals surface area contributed by atoms with Crippen molar-refractivity contribution < 1.29 is 9.90 Å². The highest BCUT2D eigenvalue weighted by Gasteiger charge is 2.18. The first-order valence-corrected chi connectivity index (χ1v) is 7.28. The van der Waals surface area contributed by atoms with E-state index >= 15 is 0 Å². The first-order chi connectivity index (χ1) is 11.1. The smallest absolute Gasteiger partial charge is 0.352 e. The van der Waals surface area contributed by atoms with Crippen LogP contribution in [0.25, 0.3) is 10.9 Å². The molecule has 1 aromatic heterocycles. The summed E-state index contributed by atoms with van der Waals surface area (Å²) in [5.74, 6) is -1.16. The molecule has 0 unspecified atom stereocenters. The van der Waals surface area contributed by atoms with E-state index in [4.69, 9.17) is 5.73 Å². The minimum absolute atomic E-state index is 0.0867. The van der Waals surface area contributed by atoms with Gasteiger partial charge in [-0.2, -0.15) is 0 Å². The number of aromatic amines is 1. The summed E-state index contributed by atoms with van der Waals surface area (Å²) in [5.41, 5.74) is 7.54. The van der Waals surface area contributed by atoms with E-state index in [1.54, 1.807) is 18.2 Å². The summed E-state index contributed by atoms with van der Waals surface area (Å²) in [6.45, 7) is 0. The molecular weight excluding hydrogens is 292 g/mol. The predicted molar refractivity (Wildman–Crippen MR) is 89.8 cm³/mol. The lowest BCUT2D eigenvalue weighted by atomic mass is 10.00. The van der Waals surface area contributed by atoms with E-state index in [0.29, 0.717) is 29.4 Å². The number of carboxylic acid groups (broad SMARTS) is 1. The molecule has 116 valence electrons. The van der Waals surface area contributed by atoms with E-state index in [9.17, 15) is 14.7 Å². The van der Waals surface area contributed by atoms with E-state index in [0.717, 1.165) is 5.56 Å². The molecule has 23 heavy (non-hydrogen) atoms. The zero-order chi connectivity index (χ0) is 16.4. The number of aromatic carboxylic acids is 1. The molecular formula is C18H16N2O3. The number of hydrogen-bond donors (Lipinski definition) is 3. The Bertz CT molecular complexity index is 930. The maximum atomic E-state index is 12.7. The maximum absolute atomic E-state index is 12.7. The Labute approximate surface area is 132 Å². The number of carbonyl (C=O) groups is 1. The average Bonchev–Trinajstić information content (AvgIpc) is 2.55. The van der Waals surface area contributed by atoms with Crippen LogP contribution in [0.5, 0.6) is 0 Å². The predicted octanol–water partition coefficient (Wildman–Crippen LogP) is 2.59. The van der Waals surface area contributed by atoms with Crippen LogP contribution in [-0.2, 0) is 12.8 Å². The molecule has 3 rings (SSSR count). The molecule has 2 aromatic carbocycles. The number of aryl methyl sites for hydroxylation is 1. The van der Waals surface area contributed by atoms with E-state index in [1.807, 2.05) is 30.3 Å². The lowest BCUT2D eigenvalue weighted by Crippen LogP contribution is -2.19. The standard InChI is InChI=1S/C18H16N2O3/c19-14-8-4-7-12-15(14)20-16(18(22)23)13(17(12)21)10-9-11-5-2-1-3-6-11/h1-8H,9-10,19H2,(H,20,21)(H,22,23). The highest BCUT2D eigenvalue weighted by Crippen LogP contribution is 2.19. The monoisotopic (exact) mass is 308 g/mol. The number of benzene rings is 2. The molecule has 0 atom stereocenters. The van der Waals surface area contributed by atoms with Gasteiger partial charge >= 0.3 is 5.97 Å². The lowest BCUT2D eigenvalue weighted by molar-refractivity contribution is 0.0689. The molecule has 0 saturated heterocycles. The SMILES string of the molecule is Nc1cccc2c(=O)c(CCc3ccccc3)c(C(=O)O)[nH]c12. The van der Waals surface area contributed by atoms with Crippen molar-refractivity contribution in [2.24, 2.45) is 0 Å². The van der Waals surface area contributed by atoms with Crippen LogP contribution in [0.1, 0.15) is 21.6 Å². The number of para-hydroxylation sites is 1. The number of nitrogens with one attached hydrogen (secondary N) is 1. The van der Waals surface area contributed by atoms with Crippen LogP contribution < -0.4 is 11.2 Å². The van der Waals surface area contributed by atoms with Crippen molar-refractivity contribution >= 4 is 22.6 Å². The first-order valence-electron chi connectivity index (χ1n) is 7.28. The fourth-order valence-electron chi connectivity index (χ4n) is 2.71. The van der Waals surface area contributed by atoms with Crippen LogP contribution in [-0.4, -0.2) is 16.1 Å². The number of H-pyrrole nitrogens is 1. The molecule has 0 saturated carbocycles. The normalized spacial score (nSPS) is 10.8. The molecule has 1 heterocycles. The molecule has 0 radical (unpaired) electrons. The van der Waals surface area contributed by atoms with Gasteiger partial charge in [-0.25, -0.2) is 4.79 Å². The molecule has 3 aromatic rings. The first kappa shape index (κ1) is 14.8. The number of nitrogen functional groups attached to an aromatic ring is 1. The van der Waals surface area contributed by atoms with Crippen molar-refractivity contribution in [3.8, 4) is 0 Å². The molecule has 0 bridgehead atoms. The molecule has 0 amide bonds. The molecule has 0 aliphatic heterocycles. The van der Waals surface area contributed by atoms with E-state index < -0.39 is 5.97 Å². The Hall–Kier alpha value is -3.08. The van der Waals surface area contributed by atoms with Gasteiger partial charge in [0, 0.05) is 10.9 Å². The topological polar surface area (TPSA) is 96.2 Å². The van der Waals surface area contributed by atoms with Gasteiger partial charge in [-0.05, 0) is 30.5 Å². The third kappa shape index (κ3) is 2.81. The third-order valence-electron chi connectivity index (χ3n) is 3.89. The zero-order valence-corrected chi connectivity index (χ0v) is 12.4. The number of hydrogen-bond acceptors (Lipinski definition) is 3. The molecule has 0 spiro atoms. The second-order valence-electron chi connectivity index (χ2n) is 5.37. The lowest BCUT2D eigenvalue weighted by Gasteiger charge is -2.10. The second-order valence-corrected chi connectivity index (χ2v) is 5.37. The van der Waals surface area contributed by atoms with Gasteiger partial charge in [-0.15, -0.1) is 0 Å². The van der Waals surface area contributed by atoms with Gasteiger partial charge in [0.15, 0.2) is 5.43 Å². The summed E-state index contributed by atoms with van der Waals surface area (Å²) in [5, 5.41) is 9.84. The largest absolute Gasteiger partial charge is 0.477 e. The van der Waals surface area contributed by atoms with Gasteiger partial charge in [-0.3, -0.25) is 4.79 Å². The average molecular weight is 308 g/mol. The van der Waals surface area contributed by atoms with Crippen molar-refractivity contribution in [3.63, 3.8) is 0 Å². The summed E-state index contributed by atoms with van der Waals surface area (Å²) in [6, 6.07) is 14.6. The van der Waals surface area contributed by atoms with Gasteiger partial charge in [-0.1, -0.05) is 36.4 Å². The zero-order valence-electron chi connectivity index (χ0n) is 12.4. The minimum Gasteiger partial charge on any atom is -0.477 e. The summed E-state index contributed by atoms with van der Waals surface area (Å²) in [7, 11) is 0. The van der Waals surface area contributed by atoms with E-state index in [1.165, 1.54) is 0 Å². The number of rotatable bonds is 4. The quantitative estimate of drug-likeness (QED) is 0.645. The molecule has 0 aliphatic rings. The van der Waals surface area contributed by atoms with Gasteiger partial charge in [0.25, 0.3) is 0 Å². The number of fused-ring (bicyclic) bond motifs is 1. The molecule has 0 fully saturated rings. The number of pyridine rings is 1. The number of aromatic nitrogens is 1. The Morgan fingerprint density at radius 1 is 1.04 bits per heavy atom. The van der Waals surface area contributed by atoms with Gasteiger partial charge in [0.1, 0.15) is 5.69 Å². The highest BCUT2D eigenvalue weighted by molar-refractivity contribution is 5.95. The Morgan fingerprint density at radius 2 is 1.78 bits per heavy atom. The van der Waals surface area contributed by atoms with Crippen LogP contribution in [0, 0.1) is 0 Å². The van der Waals surface area contributed by atoms with Gasteiger partial charge in [0.2, 0.25) is 0 Å². The Kier molecular flexibility index (Phi) is 3.85. The Morgan fingerprint density at radius 3 is 2.48 bits per heavy atom. The molecule has 5 nitrogen and oxygen atoms in total. The number of nitrogens with two attached hydrogens (primary N) is 1. The van der Waals surface area contributed by atoms with Crippen molar-refractivity contribution in [2.45, 2.75) is 12.8 Å². The van der Waals surface area contributed by atoms with E-state index in [-0.39, 0.29) is 16.7 Å². The number of anilines is 1. The molecule has 5 heteroatoms. The summed E-state index contributed by atoms with van der Waals surface area (Å²) >= 11 is 0. The van der Waals surface area contributed by atoms with Crippen molar-refractivity contribution in [2.75, 3.05) is 5.73 Å². The second kappa shape index (κ2) is 5.96. The summed E-state index contributed by atoms with van der Waals surface area (Å²) < 4.78 is 0. The molecule has 0 aliphatic carbocycles. The summed E-state index contributed by atoms with van der Waals surface area (Å²) in [6.07, 6.45) is 0.948. The summed E-state index contributed by atoms with van der Waals surface area (Å²) in [4.78, 5) is 27.0. The van der Waals surface area contributed by atoms with Gasteiger partial charge in [0.05, 0.1) is 11.2 Å². The van der Waals surface area contributed by atoms with Gasteiger partial charge < -0.3 is 15.8 Å². The van der Waals surface area contributed by atoms with Crippen molar-refractivity contribution in [1.29, 1.82) is 0 Å². The molecule has 4 N–H and O–H groups in total. The van der Waals surface area contributed by atoms with Crippen LogP contribution in [0.15, 0.2) is 53.3 Å². The number of carboxylic acids is 1. The van der Waals surface area contributed by atoms with Crippen LogP contribution in [0.3, 0.4) is 0 Å². The fraction of sp³-hybridized carbons (Fsp3) is 0.111. The minimum atomic E-state index is -1.16. The fourth-order valence-corrected chi connectivity index (χ4v) is 2.71. The van der Waals surface area contributed by atoms with Crippen molar-refractivity contribution in [1.82, 2.24) is 4.98 Å². The van der Waals surface area contributed by atoms with Crippen molar-refractivity contribution in [3.05, 3.63) is 75.6 Å². The van der Waals surface area contributed by atoms with Crippen LogP contribution >= 0.6 is 0 Å². The van der Waals surface area contributed by atoms with Crippen LogP contribution in [0.2, 0.25) is 0 Å². The van der Waals surface area contributed by atoms with E-state index in [2.05, 4.69) is 4.98 Å².